The average Bonchev–Trinajstić information content (AvgIpc) is 3.45. The fourth-order valence-corrected chi connectivity index (χ4v) is 7.05. The third kappa shape index (κ3) is 5.56. The highest BCUT2D eigenvalue weighted by molar-refractivity contribution is 6.37. The summed E-state index contributed by atoms with van der Waals surface area (Å²) in [6.07, 6.45) is 2.37. The van der Waals surface area contributed by atoms with Crippen LogP contribution in [-0.4, -0.2) is 47.0 Å². The lowest BCUT2D eigenvalue weighted by molar-refractivity contribution is -0.144. The molecule has 2 N–H and O–H groups in total. The van der Waals surface area contributed by atoms with Gasteiger partial charge in [-0.3, -0.25) is 9.59 Å². The number of hydrogen-bond acceptors (Lipinski definition) is 3. The Kier molecular flexibility index (Phi) is 7.28. The molecule has 11 heteroatoms. The summed E-state index contributed by atoms with van der Waals surface area (Å²) in [7, 11) is 0. The second-order valence-electron chi connectivity index (χ2n) is 12.1. The number of halogens is 4. The molecule has 1 spiro atoms. The van der Waals surface area contributed by atoms with Gasteiger partial charge in [-0.2, -0.15) is 0 Å². The van der Waals surface area contributed by atoms with Crippen molar-refractivity contribution in [2.75, 3.05) is 23.3 Å². The Morgan fingerprint density at radius 2 is 1.67 bits per heavy atom. The maximum atomic E-state index is 14.8. The number of rotatable bonds is 4. The highest BCUT2D eigenvalue weighted by Gasteiger charge is 2.59. The molecule has 1 saturated carbocycles. The van der Waals surface area contributed by atoms with Gasteiger partial charge in [-0.1, -0.05) is 67.2 Å². The number of benzene rings is 2. The molecule has 1 saturated heterocycles. The van der Waals surface area contributed by atoms with E-state index in [9.17, 15) is 19.5 Å². The first-order valence-electron chi connectivity index (χ1n) is 12.7. The molecule has 3 aliphatic rings. The number of carboxylic acid groups (broad SMARTS) is 1. The Labute approximate surface area is 247 Å². The smallest absolute Gasteiger partial charge is 0.322 e. The topological polar surface area (TPSA) is 90.0 Å². The molecular formula is C28H29Cl4N3O4. The highest BCUT2D eigenvalue weighted by atomic mass is 35.5. The van der Waals surface area contributed by atoms with E-state index in [4.69, 9.17) is 46.4 Å². The van der Waals surface area contributed by atoms with E-state index in [0.717, 1.165) is 12.8 Å². The third-order valence-electron chi connectivity index (χ3n) is 7.80. The van der Waals surface area contributed by atoms with E-state index < -0.39 is 35.8 Å². The molecule has 208 valence electrons. The van der Waals surface area contributed by atoms with Gasteiger partial charge in [0.1, 0.15) is 0 Å². The van der Waals surface area contributed by atoms with E-state index in [2.05, 4.69) is 5.32 Å². The summed E-state index contributed by atoms with van der Waals surface area (Å²) in [5.41, 5.74) is 0.330. The summed E-state index contributed by atoms with van der Waals surface area (Å²) in [5.74, 6) is -4.09. The number of urea groups is 1. The largest absolute Gasteiger partial charge is 0.481 e. The normalized spacial score (nSPS) is 23.4. The predicted octanol–water partition coefficient (Wildman–Crippen LogP) is 7.56. The van der Waals surface area contributed by atoms with Crippen LogP contribution in [0.25, 0.3) is 0 Å². The number of anilines is 2. The molecule has 3 amide bonds. The molecule has 7 nitrogen and oxygen atoms in total. The van der Waals surface area contributed by atoms with Crippen LogP contribution in [-0.2, 0) is 9.59 Å². The molecular weight excluding hydrogens is 584 g/mol. The zero-order chi connectivity index (χ0) is 28.4. The number of carbonyl (C=O) groups excluding carboxylic acids is 2. The monoisotopic (exact) mass is 611 g/mol. The van der Waals surface area contributed by atoms with Gasteiger partial charge in [-0.25, -0.2) is 4.79 Å². The van der Waals surface area contributed by atoms with E-state index in [1.807, 2.05) is 20.8 Å². The molecule has 5 rings (SSSR count). The summed E-state index contributed by atoms with van der Waals surface area (Å²) in [4.78, 5) is 44.6. The van der Waals surface area contributed by atoms with Crippen LogP contribution in [0.1, 0.15) is 51.5 Å². The molecule has 2 aliphatic heterocycles. The Hall–Kier alpha value is -2.19. The van der Waals surface area contributed by atoms with Crippen LogP contribution in [0.2, 0.25) is 20.1 Å². The standard InChI is InChI=1S/C28H29Cl4N3O4/c1-27(2,3)12-34(17-7-14(29)6-15(30)8-17)24(36)22-20-11-28(4-5-28)13-35(20)26(39)33-23-18(21(22)25(37)38)9-16(31)10-19(23)32/h6-10,20-22H,4-5,11-13H2,1-3H3,(H,33,39)(H,37,38)/t20-,21-,22+/m0/s1. The molecule has 39 heavy (non-hydrogen) atoms. The molecule has 2 fully saturated rings. The lowest BCUT2D eigenvalue weighted by Crippen LogP contribution is -2.54. The first-order valence-corrected chi connectivity index (χ1v) is 14.3. The van der Waals surface area contributed by atoms with Crippen LogP contribution in [0, 0.1) is 16.7 Å². The van der Waals surface area contributed by atoms with Crippen molar-refractivity contribution in [2.24, 2.45) is 16.7 Å². The number of fused-ring (bicyclic) bond motifs is 2. The van der Waals surface area contributed by atoms with Crippen LogP contribution >= 0.6 is 46.4 Å². The van der Waals surface area contributed by atoms with Gasteiger partial charge in [0.15, 0.2) is 0 Å². The number of nitrogens with zero attached hydrogens (tertiary/aromatic N) is 2. The number of carboxylic acids is 1. The first kappa shape index (κ1) is 28.3. The van der Waals surface area contributed by atoms with Gasteiger partial charge in [0.05, 0.1) is 22.5 Å². The van der Waals surface area contributed by atoms with Gasteiger partial charge in [0.2, 0.25) is 5.91 Å². The van der Waals surface area contributed by atoms with Crippen molar-refractivity contribution >= 4 is 75.7 Å². The zero-order valence-electron chi connectivity index (χ0n) is 21.7. The fourth-order valence-electron chi connectivity index (χ4n) is 5.98. The van der Waals surface area contributed by atoms with Crippen molar-refractivity contribution in [1.29, 1.82) is 0 Å². The second-order valence-corrected chi connectivity index (χ2v) is 13.9. The maximum Gasteiger partial charge on any atom is 0.322 e. The molecule has 1 aliphatic carbocycles. The Balaban J connectivity index is 1.73. The van der Waals surface area contributed by atoms with Gasteiger partial charge in [-0.15, -0.1) is 0 Å². The number of aliphatic carboxylic acids is 1. The van der Waals surface area contributed by atoms with E-state index in [1.54, 1.807) is 28.0 Å². The van der Waals surface area contributed by atoms with Gasteiger partial charge in [0, 0.05) is 39.9 Å². The van der Waals surface area contributed by atoms with E-state index in [-0.39, 0.29) is 38.7 Å². The summed E-state index contributed by atoms with van der Waals surface area (Å²) in [5, 5.41) is 14.5. The summed E-state index contributed by atoms with van der Waals surface area (Å²) in [6.45, 7) is 6.65. The van der Waals surface area contributed by atoms with Crippen LogP contribution in [0.5, 0.6) is 0 Å². The third-order valence-corrected chi connectivity index (χ3v) is 8.75. The minimum Gasteiger partial charge on any atom is -0.481 e. The minimum atomic E-state index is -1.33. The lowest BCUT2D eigenvalue weighted by Gasteiger charge is -2.41. The molecule has 0 radical (unpaired) electrons. The molecule has 0 aromatic heterocycles. The van der Waals surface area contributed by atoms with Gasteiger partial charge >= 0.3 is 12.0 Å². The van der Waals surface area contributed by atoms with Crippen LogP contribution < -0.4 is 10.2 Å². The predicted molar refractivity (Wildman–Crippen MR) is 154 cm³/mol. The highest BCUT2D eigenvalue weighted by Crippen LogP contribution is 2.58. The Bertz CT molecular complexity index is 1350. The summed E-state index contributed by atoms with van der Waals surface area (Å²) >= 11 is 25.5. The lowest BCUT2D eigenvalue weighted by atomic mass is 9.76. The molecule has 0 unspecified atom stereocenters. The van der Waals surface area contributed by atoms with Crippen LogP contribution in [0.15, 0.2) is 30.3 Å². The molecule has 2 aromatic rings. The maximum absolute atomic E-state index is 14.8. The molecule has 2 aromatic carbocycles. The van der Waals surface area contributed by atoms with Crippen molar-refractivity contribution < 1.29 is 19.5 Å². The van der Waals surface area contributed by atoms with Crippen molar-refractivity contribution in [3.05, 3.63) is 56.0 Å². The number of carbonyl (C=O) groups is 3. The van der Waals surface area contributed by atoms with E-state index >= 15 is 0 Å². The Morgan fingerprint density at radius 3 is 2.23 bits per heavy atom. The summed E-state index contributed by atoms with van der Waals surface area (Å²) in [6, 6.07) is 6.71. The molecule has 3 atom stereocenters. The van der Waals surface area contributed by atoms with Crippen LogP contribution in [0.3, 0.4) is 0 Å². The summed E-state index contributed by atoms with van der Waals surface area (Å²) < 4.78 is 0. The number of amides is 3. The van der Waals surface area contributed by atoms with E-state index in [0.29, 0.717) is 28.7 Å². The molecule has 0 bridgehead atoms. The van der Waals surface area contributed by atoms with Crippen molar-refractivity contribution in [2.45, 2.75) is 52.0 Å². The Morgan fingerprint density at radius 1 is 1.05 bits per heavy atom. The average molecular weight is 613 g/mol. The number of hydrogen-bond donors (Lipinski definition) is 2. The van der Waals surface area contributed by atoms with E-state index in [1.165, 1.54) is 12.1 Å². The van der Waals surface area contributed by atoms with Gasteiger partial charge in [0.25, 0.3) is 0 Å². The first-order chi connectivity index (χ1) is 18.2. The fraction of sp³-hybridized carbons (Fsp3) is 0.464. The minimum absolute atomic E-state index is 0.107. The SMILES string of the molecule is CC(C)(C)CN(C(=O)[C@H]1[C@@H](C(=O)O)c2cc(Cl)cc(Cl)c2NC(=O)N2CC3(CC3)C[C@@H]12)c1cc(Cl)cc(Cl)c1. The van der Waals surface area contributed by atoms with Crippen molar-refractivity contribution in [3.8, 4) is 0 Å². The van der Waals surface area contributed by atoms with Gasteiger partial charge < -0.3 is 20.2 Å². The molecule has 2 heterocycles. The number of nitrogens with one attached hydrogen (secondary N) is 1. The van der Waals surface area contributed by atoms with Crippen molar-refractivity contribution in [3.63, 3.8) is 0 Å². The quantitative estimate of drug-likeness (QED) is 0.373. The second kappa shape index (κ2) is 10.0. The van der Waals surface area contributed by atoms with Gasteiger partial charge in [-0.05, 0) is 66.0 Å². The zero-order valence-corrected chi connectivity index (χ0v) is 24.8. The van der Waals surface area contributed by atoms with Crippen LogP contribution in [0.4, 0.5) is 16.2 Å². The van der Waals surface area contributed by atoms with Crippen molar-refractivity contribution in [1.82, 2.24) is 4.90 Å².